The zero-order valence-electron chi connectivity index (χ0n) is 13.2. The molecule has 1 aliphatic heterocycles. The summed E-state index contributed by atoms with van der Waals surface area (Å²) < 4.78 is 0. The molecule has 0 spiro atoms. The lowest BCUT2D eigenvalue weighted by Gasteiger charge is -2.31. The summed E-state index contributed by atoms with van der Waals surface area (Å²) >= 11 is 0. The summed E-state index contributed by atoms with van der Waals surface area (Å²) in [4.78, 5) is 15.7. The molecule has 1 aromatic heterocycles. The fourth-order valence-corrected chi connectivity index (χ4v) is 3.68. The molecule has 2 aromatic rings. The summed E-state index contributed by atoms with van der Waals surface area (Å²) in [5.41, 5.74) is 3.56. The van der Waals surface area contributed by atoms with Gasteiger partial charge < -0.3 is 10.3 Å². The van der Waals surface area contributed by atoms with Crippen LogP contribution >= 0.6 is 0 Å². The molecule has 0 saturated heterocycles. The normalized spacial score (nSPS) is 22.3. The maximum absolute atomic E-state index is 12.1. The molecule has 1 aliphatic rings. The molecule has 22 heavy (non-hydrogen) atoms. The SMILES string of the molecule is C=CC[C@]1(CC)CCCNC(=O)Cc2cccc3cc1[nH]c23. The Morgan fingerprint density at radius 1 is 1.41 bits per heavy atom. The highest BCUT2D eigenvalue weighted by Crippen LogP contribution is 2.38. The molecule has 0 radical (unpaired) electrons. The van der Waals surface area contributed by atoms with Gasteiger partial charge in [-0.15, -0.1) is 6.58 Å². The summed E-state index contributed by atoms with van der Waals surface area (Å²) in [6, 6.07) is 8.47. The first-order chi connectivity index (χ1) is 10.7. The Morgan fingerprint density at radius 2 is 2.27 bits per heavy atom. The molecule has 2 bridgehead atoms. The third-order valence-corrected chi connectivity index (χ3v) is 5.03. The van der Waals surface area contributed by atoms with Crippen molar-refractivity contribution in [2.24, 2.45) is 0 Å². The van der Waals surface area contributed by atoms with Crippen LogP contribution in [0.15, 0.2) is 36.9 Å². The van der Waals surface area contributed by atoms with E-state index in [4.69, 9.17) is 0 Å². The monoisotopic (exact) mass is 296 g/mol. The van der Waals surface area contributed by atoms with Crippen molar-refractivity contribution in [3.63, 3.8) is 0 Å². The number of aromatic nitrogens is 1. The van der Waals surface area contributed by atoms with Crippen molar-refractivity contribution in [3.05, 3.63) is 48.2 Å². The van der Waals surface area contributed by atoms with E-state index in [0.29, 0.717) is 6.42 Å². The van der Waals surface area contributed by atoms with E-state index in [2.05, 4.69) is 35.9 Å². The van der Waals surface area contributed by atoms with Gasteiger partial charge in [0, 0.05) is 23.2 Å². The van der Waals surface area contributed by atoms with Crippen molar-refractivity contribution in [1.29, 1.82) is 0 Å². The Morgan fingerprint density at radius 3 is 3.05 bits per heavy atom. The Bertz CT molecular complexity index is 701. The lowest BCUT2D eigenvalue weighted by Crippen LogP contribution is -2.29. The largest absolute Gasteiger partial charge is 0.358 e. The third-order valence-electron chi connectivity index (χ3n) is 5.03. The van der Waals surface area contributed by atoms with Gasteiger partial charge in [0.25, 0.3) is 0 Å². The number of fused-ring (bicyclic) bond motifs is 1. The van der Waals surface area contributed by atoms with Crippen molar-refractivity contribution in [2.45, 2.75) is 44.4 Å². The number of benzene rings is 1. The first-order valence-electron chi connectivity index (χ1n) is 8.17. The number of rotatable bonds is 3. The van der Waals surface area contributed by atoms with Crippen LogP contribution in [0.3, 0.4) is 0 Å². The number of amides is 1. The number of hydrogen-bond acceptors (Lipinski definition) is 1. The van der Waals surface area contributed by atoms with Gasteiger partial charge in [-0.1, -0.05) is 31.2 Å². The summed E-state index contributed by atoms with van der Waals surface area (Å²) in [5, 5.41) is 4.24. The average molecular weight is 296 g/mol. The summed E-state index contributed by atoms with van der Waals surface area (Å²) in [7, 11) is 0. The van der Waals surface area contributed by atoms with Crippen molar-refractivity contribution in [2.75, 3.05) is 6.54 Å². The van der Waals surface area contributed by atoms with Crippen LogP contribution in [-0.4, -0.2) is 17.4 Å². The number of carbonyl (C=O) groups excluding carboxylic acids is 1. The van der Waals surface area contributed by atoms with Crippen LogP contribution in [0.4, 0.5) is 0 Å². The van der Waals surface area contributed by atoms with Gasteiger partial charge in [0.15, 0.2) is 0 Å². The number of hydrogen-bond donors (Lipinski definition) is 2. The van der Waals surface area contributed by atoms with Gasteiger partial charge in [0.05, 0.1) is 6.42 Å². The quantitative estimate of drug-likeness (QED) is 0.830. The van der Waals surface area contributed by atoms with Crippen molar-refractivity contribution >= 4 is 16.8 Å². The highest BCUT2D eigenvalue weighted by Gasteiger charge is 2.31. The maximum atomic E-state index is 12.1. The maximum Gasteiger partial charge on any atom is 0.224 e. The molecule has 116 valence electrons. The van der Waals surface area contributed by atoms with E-state index < -0.39 is 0 Å². The molecule has 0 unspecified atom stereocenters. The second-order valence-electron chi connectivity index (χ2n) is 6.32. The van der Waals surface area contributed by atoms with Gasteiger partial charge in [-0.05, 0) is 42.7 Å². The molecule has 0 fully saturated rings. The number of allylic oxidation sites excluding steroid dienone is 1. The molecule has 1 amide bonds. The van der Waals surface area contributed by atoms with E-state index in [9.17, 15) is 4.79 Å². The van der Waals surface area contributed by atoms with Crippen LogP contribution in [-0.2, 0) is 16.6 Å². The number of nitrogens with one attached hydrogen (secondary N) is 2. The molecule has 2 heterocycles. The zero-order valence-corrected chi connectivity index (χ0v) is 13.2. The molecule has 0 aliphatic carbocycles. The standard InChI is InChI=1S/C19H24N2O/c1-3-9-19(4-2)10-6-11-20-17(22)13-15-8-5-7-14-12-16(19)21-18(14)15/h3,5,7-8,12,21H,1,4,6,9-11,13H2,2H3,(H,20,22)/t19-/m1/s1. The van der Waals surface area contributed by atoms with Gasteiger partial charge in [-0.2, -0.15) is 0 Å². The van der Waals surface area contributed by atoms with Crippen LogP contribution in [0.5, 0.6) is 0 Å². The number of H-pyrrole nitrogens is 1. The molecule has 3 heteroatoms. The third kappa shape index (κ3) is 2.56. The smallest absolute Gasteiger partial charge is 0.224 e. The topological polar surface area (TPSA) is 44.9 Å². The van der Waals surface area contributed by atoms with Crippen molar-refractivity contribution in [3.8, 4) is 0 Å². The first kappa shape index (κ1) is 14.9. The molecule has 1 aromatic carbocycles. The van der Waals surface area contributed by atoms with Crippen LogP contribution in [0.25, 0.3) is 10.9 Å². The number of carbonyl (C=O) groups is 1. The van der Waals surface area contributed by atoms with E-state index in [1.54, 1.807) is 0 Å². The van der Waals surface area contributed by atoms with Gasteiger partial charge in [0.2, 0.25) is 5.91 Å². The van der Waals surface area contributed by atoms with Crippen LogP contribution in [0.2, 0.25) is 0 Å². The lowest BCUT2D eigenvalue weighted by atomic mass is 9.75. The molecular weight excluding hydrogens is 272 g/mol. The van der Waals surface area contributed by atoms with Gasteiger partial charge >= 0.3 is 0 Å². The molecule has 3 rings (SSSR count). The number of aromatic amines is 1. The fourth-order valence-electron chi connectivity index (χ4n) is 3.68. The Balaban J connectivity index is 2.16. The van der Waals surface area contributed by atoms with Gasteiger partial charge in [-0.25, -0.2) is 0 Å². The summed E-state index contributed by atoms with van der Waals surface area (Å²) in [6.07, 6.45) is 6.53. The molecule has 1 atom stereocenters. The number of para-hydroxylation sites is 1. The predicted molar refractivity (Wildman–Crippen MR) is 91.0 cm³/mol. The van der Waals surface area contributed by atoms with Crippen molar-refractivity contribution < 1.29 is 4.79 Å². The lowest BCUT2D eigenvalue weighted by molar-refractivity contribution is -0.120. The van der Waals surface area contributed by atoms with E-state index in [0.717, 1.165) is 43.3 Å². The second-order valence-corrected chi connectivity index (χ2v) is 6.32. The zero-order chi connectivity index (χ0) is 15.6. The Labute approximate surface area is 131 Å². The van der Waals surface area contributed by atoms with E-state index in [1.807, 2.05) is 18.2 Å². The summed E-state index contributed by atoms with van der Waals surface area (Å²) in [5.74, 6) is 0.108. The minimum atomic E-state index is 0.0904. The minimum Gasteiger partial charge on any atom is -0.358 e. The minimum absolute atomic E-state index is 0.0904. The molecule has 0 saturated carbocycles. The second kappa shape index (κ2) is 5.99. The predicted octanol–water partition coefficient (Wildman–Crippen LogP) is 3.84. The van der Waals surface area contributed by atoms with Gasteiger partial charge in [0.1, 0.15) is 0 Å². The highest BCUT2D eigenvalue weighted by atomic mass is 16.1. The fraction of sp³-hybridized carbons (Fsp3) is 0.421. The van der Waals surface area contributed by atoms with Crippen LogP contribution < -0.4 is 5.32 Å². The van der Waals surface area contributed by atoms with Crippen molar-refractivity contribution in [1.82, 2.24) is 10.3 Å². The van der Waals surface area contributed by atoms with E-state index in [-0.39, 0.29) is 11.3 Å². The highest BCUT2D eigenvalue weighted by molar-refractivity contribution is 5.89. The van der Waals surface area contributed by atoms with Crippen LogP contribution in [0.1, 0.15) is 43.9 Å². The molecule has 2 N–H and O–H groups in total. The van der Waals surface area contributed by atoms with E-state index in [1.165, 1.54) is 11.1 Å². The van der Waals surface area contributed by atoms with Crippen LogP contribution in [0, 0.1) is 0 Å². The average Bonchev–Trinajstić information content (AvgIpc) is 2.95. The van der Waals surface area contributed by atoms with E-state index >= 15 is 0 Å². The Hall–Kier alpha value is -2.03. The molecular formula is C19H24N2O. The molecule has 3 nitrogen and oxygen atoms in total. The summed E-state index contributed by atoms with van der Waals surface area (Å²) in [6.45, 7) is 6.95. The Kier molecular flexibility index (Phi) is 4.06. The first-order valence-corrected chi connectivity index (χ1v) is 8.17. The van der Waals surface area contributed by atoms with Gasteiger partial charge in [-0.3, -0.25) is 4.79 Å².